The Morgan fingerprint density at radius 3 is 2.06 bits per heavy atom. The van der Waals surface area contributed by atoms with Crippen LogP contribution >= 0.6 is 24.8 Å². The fraction of sp³-hybridized carbons (Fsp3) is 0.480. The highest BCUT2D eigenvalue weighted by atomic mass is 35.5. The van der Waals surface area contributed by atoms with E-state index in [4.69, 9.17) is 0 Å². The van der Waals surface area contributed by atoms with Gasteiger partial charge < -0.3 is 14.6 Å². The summed E-state index contributed by atoms with van der Waals surface area (Å²) in [5.41, 5.74) is 4.05. The molecule has 4 nitrogen and oxygen atoms in total. The number of nitrogens with zero attached hydrogens (tertiary/aromatic N) is 3. The second kappa shape index (κ2) is 12.9. The molecule has 4 rings (SSSR count). The van der Waals surface area contributed by atoms with Crippen molar-refractivity contribution in [3.8, 4) is 0 Å². The van der Waals surface area contributed by atoms with Gasteiger partial charge >= 0.3 is 0 Å². The van der Waals surface area contributed by atoms with Crippen LogP contribution in [0.4, 0.5) is 11.4 Å². The highest BCUT2D eigenvalue weighted by molar-refractivity contribution is 5.85. The fourth-order valence-electron chi connectivity index (χ4n) is 4.75. The molecular weight excluding hydrogens is 429 g/mol. The van der Waals surface area contributed by atoms with Gasteiger partial charge in [0, 0.05) is 63.1 Å². The molecule has 31 heavy (non-hydrogen) atoms. The largest absolute Gasteiger partial charge is 0.372 e. The lowest BCUT2D eigenvalue weighted by atomic mass is 10.0. The van der Waals surface area contributed by atoms with Gasteiger partial charge in [-0.15, -0.1) is 24.8 Å². The predicted molar refractivity (Wildman–Crippen MR) is 135 cm³/mol. The van der Waals surface area contributed by atoms with Crippen molar-refractivity contribution in [2.24, 2.45) is 0 Å². The zero-order chi connectivity index (χ0) is 19.9. The molecular formula is C25H35Cl2N3O. The topological polar surface area (TPSA) is 26.8 Å². The van der Waals surface area contributed by atoms with E-state index in [0.717, 1.165) is 38.9 Å². The van der Waals surface area contributed by atoms with Crippen LogP contribution in [-0.4, -0.2) is 56.5 Å². The van der Waals surface area contributed by atoms with Gasteiger partial charge in [-0.1, -0.05) is 30.3 Å². The number of carbonyl (C=O) groups excluding carboxylic acids is 1. The monoisotopic (exact) mass is 463 g/mol. The van der Waals surface area contributed by atoms with Crippen LogP contribution in [-0.2, 0) is 11.2 Å². The quantitative estimate of drug-likeness (QED) is 0.548. The van der Waals surface area contributed by atoms with E-state index in [0.29, 0.717) is 12.5 Å². The minimum absolute atomic E-state index is 0. The van der Waals surface area contributed by atoms with Gasteiger partial charge in [-0.05, 0) is 55.5 Å². The van der Waals surface area contributed by atoms with Gasteiger partial charge in [0.15, 0.2) is 0 Å². The Morgan fingerprint density at radius 1 is 0.774 bits per heavy atom. The van der Waals surface area contributed by atoms with Crippen LogP contribution < -0.4 is 9.80 Å². The highest BCUT2D eigenvalue weighted by Gasteiger charge is 2.27. The smallest absolute Gasteiger partial charge is 0.121 e. The normalized spacial score (nSPS) is 19.3. The van der Waals surface area contributed by atoms with Crippen LogP contribution in [0.1, 0.15) is 31.2 Å². The molecule has 2 aliphatic rings. The van der Waals surface area contributed by atoms with Gasteiger partial charge in [-0.2, -0.15) is 0 Å². The Hall–Kier alpha value is -1.75. The summed E-state index contributed by atoms with van der Waals surface area (Å²) in [4.78, 5) is 18.5. The first kappa shape index (κ1) is 25.5. The summed E-state index contributed by atoms with van der Waals surface area (Å²) in [6.45, 7) is 6.29. The molecule has 0 amide bonds. The second-order valence-corrected chi connectivity index (χ2v) is 8.34. The van der Waals surface area contributed by atoms with Gasteiger partial charge in [-0.25, -0.2) is 0 Å². The third kappa shape index (κ3) is 6.86. The molecule has 2 aromatic carbocycles. The molecule has 0 aliphatic carbocycles. The maximum Gasteiger partial charge on any atom is 0.121 e. The van der Waals surface area contributed by atoms with Crippen molar-refractivity contribution in [3.63, 3.8) is 0 Å². The Labute approximate surface area is 199 Å². The molecule has 2 aromatic rings. The van der Waals surface area contributed by atoms with E-state index < -0.39 is 0 Å². The minimum Gasteiger partial charge on any atom is -0.372 e. The Morgan fingerprint density at radius 2 is 1.42 bits per heavy atom. The van der Waals surface area contributed by atoms with Crippen molar-refractivity contribution >= 4 is 42.5 Å². The van der Waals surface area contributed by atoms with Gasteiger partial charge in [0.25, 0.3) is 0 Å². The molecule has 2 fully saturated rings. The average molecular weight is 464 g/mol. The van der Waals surface area contributed by atoms with E-state index in [-0.39, 0.29) is 24.8 Å². The number of hydrogen-bond acceptors (Lipinski definition) is 4. The zero-order valence-electron chi connectivity index (χ0n) is 18.2. The summed E-state index contributed by atoms with van der Waals surface area (Å²) in [6.07, 6.45) is 6.69. The number of piperazine rings is 1. The number of piperidine rings is 1. The minimum atomic E-state index is 0. The van der Waals surface area contributed by atoms with Crippen molar-refractivity contribution in [1.82, 2.24) is 4.90 Å². The molecule has 1 unspecified atom stereocenters. The molecule has 1 atom stereocenters. The van der Waals surface area contributed by atoms with Crippen LogP contribution in [0.3, 0.4) is 0 Å². The lowest BCUT2D eigenvalue weighted by molar-refractivity contribution is -0.108. The molecule has 0 aromatic heterocycles. The van der Waals surface area contributed by atoms with E-state index >= 15 is 0 Å². The number of aldehydes is 1. The van der Waals surface area contributed by atoms with Gasteiger partial charge in [0.2, 0.25) is 0 Å². The van der Waals surface area contributed by atoms with Gasteiger partial charge in [0.05, 0.1) is 0 Å². The van der Waals surface area contributed by atoms with Gasteiger partial charge in [-0.3, -0.25) is 4.90 Å². The first-order valence-corrected chi connectivity index (χ1v) is 11.1. The number of rotatable bonds is 7. The third-order valence-corrected chi connectivity index (χ3v) is 6.39. The van der Waals surface area contributed by atoms with Crippen LogP contribution in [0.15, 0.2) is 54.6 Å². The third-order valence-electron chi connectivity index (χ3n) is 6.39. The summed E-state index contributed by atoms with van der Waals surface area (Å²) in [5.74, 6) is 0. The summed E-state index contributed by atoms with van der Waals surface area (Å²) in [7, 11) is 0. The van der Waals surface area contributed by atoms with Crippen molar-refractivity contribution in [2.75, 3.05) is 49.1 Å². The lowest BCUT2D eigenvalue weighted by Gasteiger charge is -2.42. The standard InChI is InChI=1S/C25H33N3O.2ClH/c29-19-7-16-27-17-18-28(21-25(27)20-22-8-3-1-4-9-22)24-12-10-23(11-13-24)26-14-5-2-6-15-26;;/h1,3-4,8-13,19,25H,2,5-7,14-18,20-21H2;2*1H. The molecule has 0 bridgehead atoms. The molecule has 0 radical (unpaired) electrons. The summed E-state index contributed by atoms with van der Waals surface area (Å²) >= 11 is 0. The van der Waals surface area contributed by atoms with Crippen molar-refractivity contribution in [1.29, 1.82) is 0 Å². The Kier molecular flexibility index (Phi) is 10.7. The molecule has 170 valence electrons. The van der Waals surface area contributed by atoms with Crippen LogP contribution in [0.25, 0.3) is 0 Å². The summed E-state index contributed by atoms with van der Waals surface area (Å²) < 4.78 is 0. The Balaban J connectivity index is 0.00000171. The van der Waals surface area contributed by atoms with E-state index in [1.165, 1.54) is 49.3 Å². The molecule has 2 heterocycles. The van der Waals surface area contributed by atoms with Crippen molar-refractivity contribution in [3.05, 3.63) is 60.2 Å². The van der Waals surface area contributed by atoms with Crippen LogP contribution in [0, 0.1) is 0 Å². The number of benzene rings is 2. The first-order chi connectivity index (χ1) is 14.3. The molecule has 2 aliphatic heterocycles. The molecule has 2 saturated heterocycles. The highest BCUT2D eigenvalue weighted by Crippen LogP contribution is 2.26. The predicted octanol–water partition coefficient (Wildman–Crippen LogP) is 4.84. The average Bonchev–Trinajstić information content (AvgIpc) is 2.80. The molecule has 6 heteroatoms. The van der Waals surface area contributed by atoms with Crippen LogP contribution in [0.5, 0.6) is 0 Å². The van der Waals surface area contributed by atoms with E-state index in [9.17, 15) is 4.79 Å². The van der Waals surface area contributed by atoms with E-state index in [2.05, 4.69) is 69.3 Å². The maximum absolute atomic E-state index is 10.9. The number of carbonyl (C=O) groups is 1. The number of halogens is 2. The van der Waals surface area contributed by atoms with Crippen molar-refractivity contribution < 1.29 is 4.79 Å². The number of anilines is 2. The summed E-state index contributed by atoms with van der Waals surface area (Å²) in [6, 6.07) is 20.4. The SMILES string of the molecule is Cl.Cl.O=CCCN1CCN(c2ccc(N3CCCCC3)cc2)CC1Cc1ccccc1. The second-order valence-electron chi connectivity index (χ2n) is 8.34. The Bertz CT molecular complexity index is 766. The fourth-order valence-corrected chi connectivity index (χ4v) is 4.75. The first-order valence-electron chi connectivity index (χ1n) is 11.1. The molecule has 0 saturated carbocycles. The van der Waals surface area contributed by atoms with E-state index in [1.54, 1.807) is 0 Å². The molecule has 0 N–H and O–H groups in total. The van der Waals surface area contributed by atoms with Gasteiger partial charge in [0.1, 0.15) is 6.29 Å². The van der Waals surface area contributed by atoms with Crippen molar-refractivity contribution in [2.45, 2.75) is 38.1 Å². The zero-order valence-corrected chi connectivity index (χ0v) is 19.8. The summed E-state index contributed by atoms with van der Waals surface area (Å²) in [5, 5.41) is 0. The molecule has 0 spiro atoms. The van der Waals surface area contributed by atoms with Crippen LogP contribution in [0.2, 0.25) is 0 Å². The number of hydrogen-bond donors (Lipinski definition) is 0. The lowest BCUT2D eigenvalue weighted by Crippen LogP contribution is -2.54. The maximum atomic E-state index is 10.9. The van der Waals surface area contributed by atoms with E-state index in [1.807, 2.05) is 0 Å².